The van der Waals surface area contributed by atoms with Crippen LogP contribution in [0.2, 0.25) is 0 Å². The van der Waals surface area contributed by atoms with Crippen LogP contribution in [0.25, 0.3) is 11.3 Å². The third-order valence-corrected chi connectivity index (χ3v) is 4.00. The molecule has 2 aromatic rings. The maximum absolute atomic E-state index is 4.75. The van der Waals surface area contributed by atoms with Crippen LogP contribution < -0.4 is 10.2 Å². The van der Waals surface area contributed by atoms with E-state index in [2.05, 4.69) is 34.5 Å². The van der Waals surface area contributed by atoms with Crippen LogP contribution >= 0.6 is 11.3 Å². The summed E-state index contributed by atoms with van der Waals surface area (Å²) in [7, 11) is 6.06. The van der Waals surface area contributed by atoms with E-state index in [4.69, 9.17) is 4.98 Å². The van der Waals surface area contributed by atoms with Crippen LogP contribution in [0.1, 0.15) is 4.88 Å². The zero-order valence-corrected chi connectivity index (χ0v) is 11.9. The van der Waals surface area contributed by atoms with Gasteiger partial charge in [-0.3, -0.25) is 0 Å². The maximum atomic E-state index is 4.75. The Morgan fingerprint density at radius 1 is 1.22 bits per heavy atom. The molecule has 1 aromatic heterocycles. The fraction of sp³-hybridized carbons (Fsp3) is 0.357. The molecule has 0 amide bonds. The topological polar surface area (TPSA) is 28.2 Å². The molecule has 0 atom stereocenters. The van der Waals surface area contributed by atoms with Crippen molar-refractivity contribution in [3.05, 3.63) is 35.2 Å². The smallest absolute Gasteiger partial charge is 0.185 e. The predicted molar refractivity (Wildman–Crippen MR) is 79.5 cm³/mol. The number of aromatic nitrogens is 1. The Labute approximate surface area is 112 Å². The van der Waals surface area contributed by atoms with Gasteiger partial charge in [-0.15, -0.1) is 11.3 Å². The molecule has 18 heavy (non-hydrogen) atoms. The van der Waals surface area contributed by atoms with Gasteiger partial charge in [0.1, 0.15) is 0 Å². The van der Waals surface area contributed by atoms with E-state index < -0.39 is 0 Å². The van der Waals surface area contributed by atoms with Gasteiger partial charge in [-0.25, -0.2) is 4.98 Å². The Kier molecular flexibility index (Phi) is 4.33. The molecular weight excluding hydrogens is 242 g/mol. The molecule has 96 valence electrons. The molecule has 0 aliphatic rings. The summed E-state index contributed by atoms with van der Waals surface area (Å²) in [5, 5.41) is 4.27. The molecule has 0 aliphatic carbocycles. The van der Waals surface area contributed by atoms with Crippen LogP contribution in [0.5, 0.6) is 0 Å². The van der Waals surface area contributed by atoms with Crippen molar-refractivity contribution >= 4 is 16.5 Å². The van der Waals surface area contributed by atoms with Gasteiger partial charge < -0.3 is 10.2 Å². The maximum Gasteiger partial charge on any atom is 0.185 e. The largest absolute Gasteiger partial charge is 0.354 e. The molecule has 0 fully saturated rings. The van der Waals surface area contributed by atoms with Crippen molar-refractivity contribution in [1.82, 2.24) is 10.3 Å². The summed E-state index contributed by atoms with van der Waals surface area (Å²) >= 11 is 1.78. The number of nitrogens with one attached hydrogen (secondary N) is 1. The summed E-state index contributed by atoms with van der Waals surface area (Å²) < 4.78 is 0. The highest BCUT2D eigenvalue weighted by molar-refractivity contribution is 7.16. The molecule has 1 aromatic carbocycles. The minimum absolute atomic E-state index is 0.981. The van der Waals surface area contributed by atoms with Crippen molar-refractivity contribution in [3.63, 3.8) is 0 Å². The lowest BCUT2D eigenvalue weighted by atomic mass is 10.1. The molecule has 0 bridgehead atoms. The van der Waals surface area contributed by atoms with Gasteiger partial charge in [-0.2, -0.15) is 0 Å². The number of nitrogens with zero attached hydrogens (tertiary/aromatic N) is 2. The summed E-state index contributed by atoms with van der Waals surface area (Å²) in [6.07, 6.45) is 1.02. The highest BCUT2D eigenvalue weighted by atomic mass is 32.1. The minimum atomic E-state index is 0.981. The summed E-state index contributed by atoms with van der Waals surface area (Å²) in [5.74, 6) is 0. The van der Waals surface area contributed by atoms with Gasteiger partial charge in [0, 0.05) is 24.5 Å². The van der Waals surface area contributed by atoms with Gasteiger partial charge in [0.15, 0.2) is 5.13 Å². The lowest BCUT2D eigenvalue weighted by molar-refractivity contribution is 0.799. The fourth-order valence-electron chi connectivity index (χ4n) is 1.76. The first-order valence-electron chi connectivity index (χ1n) is 6.09. The van der Waals surface area contributed by atoms with Crippen LogP contribution in [0.4, 0.5) is 5.13 Å². The molecule has 0 saturated carbocycles. The van der Waals surface area contributed by atoms with E-state index in [0.29, 0.717) is 0 Å². The number of thiazole rings is 1. The van der Waals surface area contributed by atoms with Crippen molar-refractivity contribution in [2.45, 2.75) is 6.42 Å². The zero-order chi connectivity index (χ0) is 13.0. The van der Waals surface area contributed by atoms with Gasteiger partial charge >= 0.3 is 0 Å². The molecule has 4 heteroatoms. The van der Waals surface area contributed by atoms with Crippen LogP contribution in [-0.4, -0.2) is 32.7 Å². The van der Waals surface area contributed by atoms with Crippen LogP contribution in [0, 0.1) is 0 Å². The summed E-state index contributed by atoms with van der Waals surface area (Å²) in [4.78, 5) is 8.17. The van der Waals surface area contributed by atoms with Crippen molar-refractivity contribution < 1.29 is 0 Å². The molecule has 0 aliphatic heterocycles. The lowest BCUT2D eigenvalue weighted by Gasteiger charge is -2.05. The molecule has 3 nitrogen and oxygen atoms in total. The van der Waals surface area contributed by atoms with E-state index in [1.807, 2.05) is 27.2 Å². The van der Waals surface area contributed by atoms with Crippen LogP contribution in [0.3, 0.4) is 0 Å². The third-order valence-electron chi connectivity index (χ3n) is 2.72. The van der Waals surface area contributed by atoms with E-state index in [0.717, 1.165) is 23.8 Å². The molecule has 0 saturated heterocycles. The van der Waals surface area contributed by atoms with Gasteiger partial charge in [-0.1, -0.05) is 30.3 Å². The first-order valence-corrected chi connectivity index (χ1v) is 6.91. The number of benzene rings is 1. The second-order valence-corrected chi connectivity index (χ2v) is 5.44. The Bertz CT molecular complexity index is 491. The Balaban J connectivity index is 2.37. The average Bonchev–Trinajstić information content (AvgIpc) is 2.81. The number of rotatable bonds is 5. The van der Waals surface area contributed by atoms with Crippen molar-refractivity contribution in [2.75, 3.05) is 32.6 Å². The van der Waals surface area contributed by atoms with Crippen LogP contribution in [0.15, 0.2) is 30.3 Å². The third kappa shape index (κ3) is 2.89. The molecular formula is C14H19N3S. The molecule has 0 radical (unpaired) electrons. The first-order chi connectivity index (χ1) is 8.72. The highest BCUT2D eigenvalue weighted by Gasteiger charge is 2.13. The highest BCUT2D eigenvalue weighted by Crippen LogP contribution is 2.32. The number of anilines is 1. The van der Waals surface area contributed by atoms with E-state index in [-0.39, 0.29) is 0 Å². The van der Waals surface area contributed by atoms with Crippen LogP contribution in [-0.2, 0) is 6.42 Å². The molecule has 0 spiro atoms. The van der Waals surface area contributed by atoms with E-state index in [1.54, 1.807) is 11.3 Å². The lowest BCUT2D eigenvalue weighted by Crippen LogP contribution is -2.09. The Morgan fingerprint density at radius 3 is 2.56 bits per heavy atom. The molecule has 1 heterocycles. The first kappa shape index (κ1) is 13.1. The summed E-state index contributed by atoms with van der Waals surface area (Å²) in [5.41, 5.74) is 2.33. The van der Waals surface area contributed by atoms with Gasteiger partial charge in [0.25, 0.3) is 0 Å². The molecule has 2 rings (SSSR count). The zero-order valence-electron chi connectivity index (χ0n) is 11.1. The second-order valence-electron chi connectivity index (χ2n) is 4.38. The Morgan fingerprint density at radius 2 is 1.94 bits per heavy atom. The molecule has 0 unspecified atom stereocenters. The van der Waals surface area contributed by atoms with Crippen molar-refractivity contribution in [2.24, 2.45) is 0 Å². The van der Waals surface area contributed by atoms with E-state index in [9.17, 15) is 0 Å². The standard InChI is InChI=1S/C14H19N3S/c1-15-10-9-12-13(11-7-5-4-6-8-11)16-14(18-12)17(2)3/h4-8,15H,9-10H2,1-3H3. The predicted octanol–water partition coefficient (Wildman–Crippen LogP) is 2.64. The minimum Gasteiger partial charge on any atom is -0.354 e. The van der Waals surface area contributed by atoms with Crippen molar-refractivity contribution in [3.8, 4) is 11.3 Å². The monoisotopic (exact) mass is 261 g/mol. The summed E-state index contributed by atoms with van der Waals surface area (Å²) in [6.45, 7) is 0.981. The van der Waals surface area contributed by atoms with Crippen molar-refractivity contribution in [1.29, 1.82) is 0 Å². The normalized spacial score (nSPS) is 10.6. The Hall–Kier alpha value is -1.39. The number of hydrogen-bond donors (Lipinski definition) is 1. The molecule has 1 N–H and O–H groups in total. The van der Waals surface area contributed by atoms with Gasteiger partial charge in [-0.05, 0) is 20.0 Å². The summed E-state index contributed by atoms with van der Waals surface area (Å²) in [6, 6.07) is 10.4. The number of hydrogen-bond acceptors (Lipinski definition) is 4. The quantitative estimate of drug-likeness (QED) is 0.897. The SMILES string of the molecule is CNCCc1sc(N(C)C)nc1-c1ccccc1. The van der Waals surface area contributed by atoms with E-state index in [1.165, 1.54) is 10.4 Å². The van der Waals surface area contributed by atoms with Gasteiger partial charge in [0.05, 0.1) is 5.69 Å². The average molecular weight is 261 g/mol. The number of likely N-dealkylation sites (N-methyl/N-ethyl adjacent to an activating group) is 1. The second kappa shape index (κ2) is 5.98. The fourth-order valence-corrected chi connectivity index (χ4v) is 2.76. The van der Waals surface area contributed by atoms with E-state index >= 15 is 0 Å². The van der Waals surface area contributed by atoms with Gasteiger partial charge in [0.2, 0.25) is 0 Å².